The fraction of sp³-hybridized carbons (Fsp3) is 0.864. The van der Waals surface area contributed by atoms with E-state index in [1.807, 2.05) is 6.33 Å². The van der Waals surface area contributed by atoms with Crippen LogP contribution in [-0.2, 0) is 17.7 Å². The molecule has 180 valence electrons. The van der Waals surface area contributed by atoms with Gasteiger partial charge in [-0.15, -0.1) is 34.2 Å². The number of unbranched alkanes of at least 4 members (excludes halogenated alkanes) is 6. The average molecular weight is 550 g/mol. The van der Waals surface area contributed by atoms with Gasteiger partial charge in [-0.2, -0.15) is 0 Å². The highest BCUT2D eigenvalue weighted by atomic mass is 127. The van der Waals surface area contributed by atoms with Gasteiger partial charge in [-0.05, 0) is 6.42 Å². The first kappa shape index (κ1) is 28.1. The van der Waals surface area contributed by atoms with Gasteiger partial charge in [0.1, 0.15) is 12.2 Å². The number of hydrogen-bond donors (Lipinski definition) is 2. The van der Waals surface area contributed by atoms with E-state index in [1.54, 1.807) is 0 Å². The quantitative estimate of drug-likeness (QED) is 0.152. The van der Waals surface area contributed by atoms with Crippen LogP contribution >= 0.6 is 24.0 Å². The normalized spacial score (nSPS) is 15.0. The summed E-state index contributed by atoms with van der Waals surface area (Å²) in [7, 11) is 0. The van der Waals surface area contributed by atoms with Gasteiger partial charge in [0, 0.05) is 52.2 Å². The van der Waals surface area contributed by atoms with Crippen LogP contribution in [0, 0.1) is 0 Å². The minimum atomic E-state index is 0. The van der Waals surface area contributed by atoms with Crippen LogP contribution in [0.3, 0.4) is 0 Å². The summed E-state index contributed by atoms with van der Waals surface area (Å²) in [5.74, 6) is 1.94. The first-order valence-corrected chi connectivity index (χ1v) is 12.0. The number of halogens is 1. The molecule has 1 saturated heterocycles. The highest BCUT2D eigenvalue weighted by molar-refractivity contribution is 14.0. The molecule has 1 aromatic heterocycles. The summed E-state index contributed by atoms with van der Waals surface area (Å²) >= 11 is 0. The summed E-state index contributed by atoms with van der Waals surface area (Å²) in [5, 5.41) is 15.2. The zero-order chi connectivity index (χ0) is 21.3. The number of ether oxygens (including phenoxy) is 1. The first-order chi connectivity index (χ1) is 14.8. The predicted molar refractivity (Wildman–Crippen MR) is 138 cm³/mol. The van der Waals surface area contributed by atoms with E-state index < -0.39 is 0 Å². The number of rotatable bonds is 15. The lowest BCUT2D eigenvalue weighted by Crippen LogP contribution is -2.45. The molecular formula is C22H44IN7O. The van der Waals surface area contributed by atoms with Crippen LogP contribution in [0.25, 0.3) is 0 Å². The second-order valence-corrected chi connectivity index (χ2v) is 7.95. The fourth-order valence-corrected chi connectivity index (χ4v) is 3.63. The molecule has 0 bridgehead atoms. The van der Waals surface area contributed by atoms with Crippen LogP contribution in [0.2, 0.25) is 0 Å². The third-order valence-corrected chi connectivity index (χ3v) is 5.51. The van der Waals surface area contributed by atoms with Crippen molar-refractivity contribution in [2.75, 3.05) is 52.5 Å². The Morgan fingerprint density at radius 3 is 2.39 bits per heavy atom. The van der Waals surface area contributed by atoms with Crippen LogP contribution in [0.4, 0.5) is 0 Å². The largest absolute Gasteiger partial charge is 0.379 e. The number of morpholine rings is 1. The molecule has 2 N–H and O–H groups in total. The molecule has 0 aromatic carbocycles. The van der Waals surface area contributed by atoms with Crippen LogP contribution in [0.15, 0.2) is 11.3 Å². The third-order valence-electron chi connectivity index (χ3n) is 5.51. The number of aromatic nitrogens is 3. The molecule has 9 heteroatoms. The average Bonchev–Trinajstić information content (AvgIpc) is 3.23. The molecule has 8 nitrogen and oxygen atoms in total. The summed E-state index contributed by atoms with van der Waals surface area (Å²) in [6, 6.07) is 0. The van der Waals surface area contributed by atoms with Gasteiger partial charge >= 0.3 is 0 Å². The van der Waals surface area contributed by atoms with Crippen molar-refractivity contribution in [2.45, 2.75) is 71.8 Å². The van der Waals surface area contributed by atoms with Gasteiger partial charge in [0.25, 0.3) is 0 Å². The van der Waals surface area contributed by atoms with Gasteiger partial charge in [0.15, 0.2) is 5.96 Å². The van der Waals surface area contributed by atoms with Gasteiger partial charge in [-0.1, -0.05) is 52.4 Å². The third kappa shape index (κ3) is 12.6. The molecular weight excluding hydrogens is 505 g/mol. The maximum atomic E-state index is 5.43. The van der Waals surface area contributed by atoms with Gasteiger partial charge in [0.05, 0.1) is 13.2 Å². The summed E-state index contributed by atoms with van der Waals surface area (Å²) in [4.78, 5) is 7.25. The number of hydrogen-bond acceptors (Lipinski definition) is 5. The SMILES string of the molecule is CCCCCCCCCN=C(NCCN1CCOCC1)NCCn1cnnc1CC.I. The zero-order valence-corrected chi connectivity index (χ0v) is 22.0. The van der Waals surface area contributed by atoms with Crippen molar-refractivity contribution in [3.8, 4) is 0 Å². The second kappa shape index (κ2) is 18.6. The molecule has 31 heavy (non-hydrogen) atoms. The number of guanidine groups is 1. The van der Waals surface area contributed by atoms with Crippen LogP contribution < -0.4 is 10.6 Å². The Bertz CT molecular complexity index is 576. The highest BCUT2D eigenvalue weighted by Crippen LogP contribution is 2.06. The molecule has 0 aliphatic carbocycles. The van der Waals surface area contributed by atoms with E-state index in [0.29, 0.717) is 0 Å². The van der Waals surface area contributed by atoms with E-state index in [4.69, 9.17) is 9.73 Å². The van der Waals surface area contributed by atoms with E-state index in [2.05, 4.69) is 44.1 Å². The fourth-order valence-electron chi connectivity index (χ4n) is 3.63. The van der Waals surface area contributed by atoms with Crippen LogP contribution in [0.1, 0.15) is 64.6 Å². The maximum absolute atomic E-state index is 5.43. The Kier molecular flexibility index (Phi) is 16.9. The lowest BCUT2D eigenvalue weighted by Gasteiger charge is -2.26. The second-order valence-electron chi connectivity index (χ2n) is 7.95. The van der Waals surface area contributed by atoms with Crippen molar-refractivity contribution in [1.82, 2.24) is 30.3 Å². The smallest absolute Gasteiger partial charge is 0.191 e. The maximum Gasteiger partial charge on any atom is 0.191 e. The van der Waals surface area contributed by atoms with E-state index >= 15 is 0 Å². The highest BCUT2D eigenvalue weighted by Gasteiger charge is 2.10. The Labute approximate surface area is 206 Å². The molecule has 2 rings (SSSR count). The van der Waals surface area contributed by atoms with Crippen molar-refractivity contribution in [1.29, 1.82) is 0 Å². The standard InChI is InChI=1S/C22H43N7O.HI/c1-3-5-6-7-8-9-10-11-23-22(24-12-14-28-16-18-30-19-17-28)25-13-15-29-20-26-27-21(29)4-2;/h20H,3-19H2,1-2H3,(H2,23,24,25);1H. The summed E-state index contributed by atoms with van der Waals surface area (Å²) in [5.41, 5.74) is 0. The van der Waals surface area contributed by atoms with Crippen LogP contribution in [0.5, 0.6) is 0 Å². The van der Waals surface area contributed by atoms with E-state index in [0.717, 1.165) is 83.7 Å². The molecule has 0 atom stereocenters. The number of nitrogens with one attached hydrogen (secondary N) is 2. The van der Waals surface area contributed by atoms with Crippen LogP contribution in [-0.4, -0.2) is 78.1 Å². The minimum Gasteiger partial charge on any atom is -0.379 e. The van der Waals surface area contributed by atoms with Crippen molar-refractivity contribution in [2.24, 2.45) is 4.99 Å². The zero-order valence-electron chi connectivity index (χ0n) is 19.7. The van der Waals surface area contributed by atoms with Gasteiger partial charge in [0.2, 0.25) is 0 Å². The van der Waals surface area contributed by atoms with Crippen molar-refractivity contribution in [3.63, 3.8) is 0 Å². The molecule has 2 heterocycles. The Hall–Kier alpha value is -0.940. The molecule has 1 aromatic rings. The van der Waals surface area contributed by atoms with Crippen molar-refractivity contribution >= 4 is 29.9 Å². The summed E-state index contributed by atoms with van der Waals surface area (Å²) in [6.45, 7) is 12.6. The number of aliphatic imine (C=N–C) groups is 1. The van der Waals surface area contributed by atoms with E-state index in [-0.39, 0.29) is 24.0 Å². The predicted octanol–water partition coefficient (Wildman–Crippen LogP) is 3.08. The topological polar surface area (TPSA) is 79.6 Å². The molecule has 1 aliphatic heterocycles. The van der Waals surface area contributed by atoms with Crippen molar-refractivity contribution in [3.05, 3.63) is 12.2 Å². The summed E-state index contributed by atoms with van der Waals surface area (Å²) in [6.07, 6.45) is 11.9. The lowest BCUT2D eigenvalue weighted by molar-refractivity contribution is 0.0389. The van der Waals surface area contributed by atoms with E-state index in [9.17, 15) is 0 Å². The summed E-state index contributed by atoms with van der Waals surface area (Å²) < 4.78 is 7.54. The van der Waals surface area contributed by atoms with Gasteiger partial charge < -0.3 is 19.9 Å². The Morgan fingerprint density at radius 1 is 1.00 bits per heavy atom. The molecule has 1 fully saturated rings. The molecule has 0 spiro atoms. The molecule has 0 radical (unpaired) electrons. The van der Waals surface area contributed by atoms with E-state index in [1.165, 1.54) is 38.5 Å². The molecule has 1 aliphatic rings. The molecule has 0 saturated carbocycles. The Morgan fingerprint density at radius 2 is 1.68 bits per heavy atom. The first-order valence-electron chi connectivity index (χ1n) is 12.0. The van der Waals surface area contributed by atoms with Gasteiger partial charge in [-0.3, -0.25) is 9.89 Å². The molecule has 0 amide bonds. The number of aryl methyl sites for hydroxylation is 1. The Balaban J connectivity index is 0.00000480. The van der Waals surface area contributed by atoms with Gasteiger partial charge in [-0.25, -0.2) is 0 Å². The monoisotopic (exact) mass is 549 g/mol. The lowest BCUT2D eigenvalue weighted by atomic mass is 10.1. The van der Waals surface area contributed by atoms with Crippen molar-refractivity contribution < 1.29 is 4.74 Å². The number of nitrogens with zero attached hydrogens (tertiary/aromatic N) is 5. The minimum absolute atomic E-state index is 0. The molecule has 0 unspecified atom stereocenters.